The van der Waals surface area contributed by atoms with Gasteiger partial charge in [0.15, 0.2) is 12.4 Å². The largest absolute Gasteiger partial charge is 0.619 e. The van der Waals surface area contributed by atoms with Gasteiger partial charge in [0.05, 0.1) is 31.6 Å². The molecule has 3 N–H and O–H groups in total. The molecule has 198 valence electrons. The van der Waals surface area contributed by atoms with E-state index in [0.717, 1.165) is 38.8 Å². The highest BCUT2D eigenvalue weighted by Crippen LogP contribution is 2.31. The summed E-state index contributed by atoms with van der Waals surface area (Å²) in [5, 5.41) is 34.9. The van der Waals surface area contributed by atoms with Crippen LogP contribution < -0.4 is 10.0 Å². The van der Waals surface area contributed by atoms with E-state index in [9.17, 15) is 20.2 Å². The molecule has 0 saturated heterocycles. The summed E-state index contributed by atoms with van der Waals surface area (Å²) in [4.78, 5) is 13.3. The molecule has 5 rings (SSSR count). The normalized spacial score (nSPS) is 12.8. The molecule has 0 spiro atoms. The number of rotatable bonds is 9. The molecule has 39 heavy (non-hydrogen) atoms. The predicted molar refractivity (Wildman–Crippen MR) is 148 cm³/mol. The first-order valence-electron chi connectivity index (χ1n) is 12.8. The van der Waals surface area contributed by atoms with Crippen LogP contribution in [-0.4, -0.2) is 22.7 Å². The summed E-state index contributed by atoms with van der Waals surface area (Å²) in [6.45, 7) is 1.78. The van der Waals surface area contributed by atoms with E-state index in [-0.39, 0.29) is 31.6 Å². The van der Waals surface area contributed by atoms with Gasteiger partial charge in [0.2, 0.25) is 5.91 Å². The lowest BCUT2D eigenvalue weighted by atomic mass is 9.93. The molecular formula is C32H30N2O5. The molecule has 2 unspecified atom stereocenters. The molecule has 0 bridgehead atoms. The molecule has 3 aromatic carbocycles. The zero-order chi connectivity index (χ0) is 27.4. The van der Waals surface area contributed by atoms with E-state index >= 15 is 0 Å². The number of aryl methyl sites for hydroxylation is 1. The van der Waals surface area contributed by atoms with Crippen LogP contribution in [0.2, 0.25) is 0 Å². The Morgan fingerprint density at radius 1 is 0.923 bits per heavy atom. The SMILES string of the molecule is Cc1cc(CO)ccc1C(NC(=O)Cc1ccc2oc(C(CO)c3cc[n+]([O-])cc3)cc2c1)c1ccccc1. The Bertz CT molecular complexity index is 1580. The molecule has 5 aromatic rings. The van der Waals surface area contributed by atoms with Gasteiger partial charge in [-0.25, -0.2) is 0 Å². The Labute approximate surface area is 226 Å². The molecular weight excluding hydrogens is 492 g/mol. The van der Waals surface area contributed by atoms with Crippen LogP contribution in [0.3, 0.4) is 0 Å². The third-order valence-corrected chi connectivity index (χ3v) is 6.99. The van der Waals surface area contributed by atoms with Crippen molar-refractivity contribution in [3.8, 4) is 0 Å². The minimum atomic E-state index is -0.405. The van der Waals surface area contributed by atoms with Crippen LogP contribution in [0.1, 0.15) is 51.1 Å². The van der Waals surface area contributed by atoms with Gasteiger partial charge in [-0.2, -0.15) is 4.73 Å². The number of hydrogen-bond acceptors (Lipinski definition) is 5. The summed E-state index contributed by atoms with van der Waals surface area (Å²) in [6.07, 6.45) is 2.96. The standard InChI is InChI=1S/C32H30N2O5/c1-21-15-23(19-35)7-9-27(21)32(25-5-3-2-4-6-25)33-31(37)17-22-8-10-29-26(16-22)18-30(39-29)28(20-36)24-11-13-34(38)14-12-24/h2-16,18,28,32,35-36H,17,19-20H2,1H3,(H,33,37). The first-order chi connectivity index (χ1) is 18.9. The van der Waals surface area contributed by atoms with Gasteiger partial charge >= 0.3 is 0 Å². The average Bonchev–Trinajstić information content (AvgIpc) is 3.36. The summed E-state index contributed by atoms with van der Waals surface area (Å²) in [5.74, 6) is 0.0575. The quantitative estimate of drug-likeness (QED) is 0.196. The second kappa shape index (κ2) is 11.5. The Balaban J connectivity index is 1.37. The van der Waals surface area contributed by atoms with Gasteiger partial charge in [0.1, 0.15) is 11.3 Å². The summed E-state index contributed by atoms with van der Waals surface area (Å²) < 4.78 is 6.71. The number of fused-ring (bicyclic) bond motifs is 1. The fourth-order valence-corrected chi connectivity index (χ4v) is 4.95. The number of furan rings is 1. The highest BCUT2D eigenvalue weighted by molar-refractivity contribution is 5.83. The van der Waals surface area contributed by atoms with Crippen molar-refractivity contribution in [1.82, 2.24) is 5.32 Å². The molecule has 0 fully saturated rings. The van der Waals surface area contributed by atoms with Crippen molar-refractivity contribution in [3.05, 3.63) is 142 Å². The first-order valence-corrected chi connectivity index (χ1v) is 12.8. The zero-order valence-corrected chi connectivity index (χ0v) is 21.6. The maximum atomic E-state index is 13.3. The lowest BCUT2D eigenvalue weighted by molar-refractivity contribution is -0.605. The maximum Gasteiger partial charge on any atom is 0.225 e. The minimum absolute atomic E-state index is 0.0355. The number of carbonyl (C=O) groups excluding carboxylic acids is 1. The van der Waals surface area contributed by atoms with Crippen molar-refractivity contribution in [2.24, 2.45) is 0 Å². The van der Waals surface area contributed by atoms with Gasteiger partial charge in [-0.05, 0) is 58.5 Å². The third kappa shape index (κ3) is 5.85. The van der Waals surface area contributed by atoms with Crippen LogP contribution in [0, 0.1) is 12.1 Å². The molecule has 0 saturated carbocycles. The molecule has 0 aliphatic rings. The molecule has 2 aromatic heterocycles. The van der Waals surface area contributed by atoms with Crippen LogP contribution in [0.15, 0.2) is 102 Å². The molecule has 2 atom stereocenters. The highest BCUT2D eigenvalue weighted by atomic mass is 16.5. The number of nitrogens with zero attached hydrogens (tertiary/aromatic N) is 1. The average molecular weight is 523 g/mol. The fraction of sp³-hybridized carbons (Fsp3) is 0.188. The van der Waals surface area contributed by atoms with Crippen LogP contribution in [0.4, 0.5) is 0 Å². The van der Waals surface area contributed by atoms with E-state index in [1.54, 1.807) is 12.1 Å². The van der Waals surface area contributed by atoms with E-state index in [1.165, 1.54) is 12.4 Å². The van der Waals surface area contributed by atoms with E-state index in [0.29, 0.717) is 16.1 Å². The summed E-state index contributed by atoms with van der Waals surface area (Å²) >= 11 is 0. The predicted octanol–water partition coefficient (Wildman–Crippen LogP) is 4.44. The van der Waals surface area contributed by atoms with Crippen LogP contribution in [0.5, 0.6) is 0 Å². The Morgan fingerprint density at radius 3 is 2.36 bits per heavy atom. The lowest BCUT2D eigenvalue weighted by Gasteiger charge is -2.22. The molecule has 0 aliphatic carbocycles. The van der Waals surface area contributed by atoms with E-state index in [4.69, 9.17) is 4.42 Å². The molecule has 7 nitrogen and oxygen atoms in total. The molecule has 7 heteroatoms. The molecule has 2 heterocycles. The highest BCUT2D eigenvalue weighted by Gasteiger charge is 2.21. The third-order valence-electron chi connectivity index (χ3n) is 6.99. The fourth-order valence-electron chi connectivity index (χ4n) is 4.95. The van der Waals surface area contributed by atoms with Gasteiger partial charge in [-0.15, -0.1) is 0 Å². The second-order valence-corrected chi connectivity index (χ2v) is 9.68. The van der Waals surface area contributed by atoms with Crippen LogP contribution in [0.25, 0.3) is 11.0 Å². The number of hydrogen-bond donors (Lipinski definition) is 3. The number of aliphatic hydroxyl groups is 2. The van der Waals surface area contributed by atoms with Crippen molar-refractivity contribution in [3.63, 3.8) is 0 Å². The number of carbonyl (C=O) groups is 1. The Hall–Kier alpha value is -4.46. The van der Waals surface area contributed by atoms with Crippen LogP contribution in [-0.2, 0) is 17.8 Å². The number of benzene rings is 3. The number of amides is 1. The first kappa shape index (κ1) is 26.2. The zero-order valence-electron chi connectivity index (χ0n) is 21.6. The summed E-state index contributed by atoms with van der Waals surface area (Å²) in [5.41, 5.74) is 6.02. The maximum absolute atomic E-state index is 13.3. The minimum Gasteiger partial charge on any atom is -0.619 e. The van der Waals surface area contributed by atoms with Gasteiger partial charge in [-0.3, -0.25) is 4.79 Å². The van der Waals surface area contributed by atoms with Crippen molar-refractivity contribution in [2.45, 2.75) is 31.9 Å². The number of nitrogens with one attached hydrogen (secondary N) is 1. The Kier molecular flexibility index (Phi) is 7.72. The summed E-state index contributed by atoms with van der Waals surface area (Å²) in [7, 11) is 0. The van der Waals surface area contributed by atoms with Crippen LogP contribution >= 0.6 is 0 Å². The van der Waals surface area contributed by atoms with E-state index in [1.807, 2.05) is 79.7 Å². The molecule has 0 radical (unpaired) electrons. The van der Waals surface area contributed by atoms with Crippen molar-refractivity contribution in [2.75, 3.05) is 6.61 Å². The van der Waals surface area contributed by atoms with Gasteiger partial charge < -0.3 is 25.2 Å². The Morgan fingerprint density at radius 2 is 1.67 bits per heavy atom. The topological polar surface area (TPSA) is 110 Å². The van der Waals surface area contributed by atoms with Crippen molar-refractivity contribution >= 4 is 16.9 Å². The number of aromatic nitrogens is 1. The van der Waals surface area contributed by atoms with E-state index in [2.05, 4.69) is 5.32 Å². The number of aliphatic hydroxyl groups excluding tert-OH is 2. The monoisotopic (exact) mass is 522 g/mol. The van der Waals surface area contributed by atoms with Gasteiger partial charge in [0.25, 0.3) is 0 Å². The van der Waals surface area contributed by atoms with Gasteiger partial charge in [0, 0.05) is 17.5 Å². The summed E-state index contributed by atoms with van der Waals surface area (Å²) in [6, 6.07) is 26.1. The molecule has 0 aliphatic heterocycles. The van der Waals surface area contributed by atoms with Crippen molar-refractivity contribution < 1.29 is 24.2 Å². The van der Waals surface area contributed by atoms with Crippen molar-refractivity contribution in [1.29, 1.82) is 0 Å². The lowest BCUT2D eigenvalue weighted by Crippen LogP contribution is -2.31. The second-order valence-electron chi connectivity index (χ2n) is 9.68. The number of pyridine rings is 1. The van der Waals surface area contributed by atoms with E-state index < -0.39 is 5.92 Å². The molecule has 1 amide bonds. The van der Waals surface area contributed by atoms with Gasteiger partial charge in [-0.1, -0.05) is 54.6 Å². The smallest absolute Gasteiger partial charge is 0.225 e.